The Hall–Kier alpha value is -1.84. The molecule has 0 aliphatic rings. The van der Waals surface area contributed by atoms with Gasteiger partial charge in [0.2, 0.25) is 11.8 Å². The van der Waals surface area contributed by atoms with Crippen LogP contribution in [0.15, 0.2) is 30.3 Å². The lowest BCUT2D eigenvalue weighted by Gasteiger charge is -2.15. The van der Waals surface area contributed by atoms with Crippen molar-refractivity contribution in [2.45, 2.75) is 64.3 Å². The summed E-state index contributed by atoms with van der Waals surface area (Å²) in [5, 5.41) is 2.75. The van der Waals surface area contributed by atoms with Gasteiger partial charge in [0.1, 0.15) is 6.04 Å². The Balaban J connectivity index is 2.31. The Morgan fingerprint density at radius 1 is 1.05 bits per heavy atom. The molecule has 1 aromatic carbocycles. The van der Waals surface area contributed by atoms with Crippen LogP contribution in [0, 0.1) is 0 Å². The highest BCUT2D eigenvalue weighted by molar-refractivity contribution is 5.87. The standard InChI is InChI=1S/C18H28N2O2/c1-2-3-4-5-6-10-13-16(18(19)22)20-17(21)14-15-11-8-7-9-12-15/h7-9,11-12,16H,2-6,10,13-14H2,1H3,(H2,19,22)(H,20,21)/t16-/m0/s1. The Bertz CT molecular complexity index is 446. The van der Waals surface area contributed by atoms with Gasteiger partial charge >= 0.3 is 0 Å². The van der Waals surface area contributed by atoms with Crippen LogP contribution in [0.25, 0.3) is 0 Å². The number of amides is 2. The maximum atomic E-state index is 12.0. The maximum absolute atomic E-state index is 12.0. The van der Waals surface area contributed by atoms with Gasteiger partial charge in [0.15, 0.2) is 0 Å². The van der Waals surface area contributed by atoms with Gasteiger partial charge < -0.3 is 11.1 Å². The van der Waals surface area contributed by atoms with Crippen LogP contribution in [-0.2, 0) is 16.0 Å². The molecule has 0 radical (unpaired) electrons. The molecule has 0 aliphatic heterocycles. The van der Waals surface area contributed by atoms with E-state index in [0.29, 0.717) is 6.42 Å². The highest BCUT2D eigenvalue weighted by atomic mass is 16.2. The Kier molecular flexibility index (Phi) is 8.96. The van der Waals surface area contributed by atoms with Gasteiger partial charge in [-0.1, -0.05) is 75.8 Å². The smallest absolute Gasteiger partial charge is 0.239 e. The van der Waals surface area contributed by atoms with Gasteiger partial charge in [-0.2, -0.15) is 0 Å². The summed E-state index contributed by atoms with van der Waals surface area (Å²) in [4.78, 5) is 23.4. The summed E-state index contributed by atoms with van der Waals surface area (Å²) in [7, 11) is 0. The second-order valence-corrected chi connectivity index (χ2v) is 5.74. The van der Waals surface area contributed by atoms with Gasteiger partial charge in [-0.25, -0.2) is 0 Å². The van der Waals surface area contributed by atoms with E-state index in [9.17, 15) is 9.59 Å². The zero-order valence-electron chi connectivity index (χ0n) is 13.5. The number of rotatable bonds is 11. The van der Waals surface area contributed by atoms with E-state index in [2.05, 4.69) is 12.2 Å². The molecule has 0 saturated carbocycles. The van der Waals surface area contributed by atoms with Gasteiger partial charge in [-0.3, -0.25) is 9.59 Å². The Morgan fingerprint density at radius 3 is 2.32 bits per heavy atom. The summed E-state index contributed by atoms with van der Waals surface area (Å²) in [6.07, 6.45) is 7.80. The monoisotopic (exact) mass is 304 g/mol. The number of hydrogen-bond acceptors (Lipinski definition) is 2. The summed E-state index contributed by atoms with van der Waals surface area (Å²) in [5.41, 5.74) is 6.32. The SMILES string of the molecule is CCCCCCCC[C@H](NC(=O)Cc1ccccc1)C(N)=O. The normalized spacial score (nSPS) is 11.9. The molecule has 0 aliphatic carbocycles. The van der Waals surface area contributed by atoms with Gasteiger partial charge in [-0.05, 0) is 12.0 Å². The van der Waals surface area contributed by atoms with Crippen molar-refractivity contribution in [1.29, 1.82) is 0 Å². The molecule has 0 fully saturated rings. The minimum Gasteiger partial charge on any atom is -0.368 e. The van der Waals surface area contributed by atoms with Crippen molar-refractivity contribution in [2.24, 2.45) is 5.73 Å². The molecule has 0 bridgehead atoms. The summed E-state index contributed by atoms with van der Waals surface area (Å²) >= 11 is 0. The van der Waals surface area contributed by atoms with E-state index < -0.39 is 11.9 Å². The zero-order chi connectivity index (χ0) is 16.2. The molecule has 1 atom stereocenters. The van der Waals surface area contributed by atoms with Crippen molar-refractivity contribution >= 4 is 11.8 Å². The molecule has 1 rings (SSSR count). The fourth-order valence-electron chi connectivity index (χ4n) is 2.44. The van der Waals surface area contributed by atoms with Crippen LogP contribution >= 0.6 is 0 Å². The van der Waals surface area contributed by atoms with Crippen LogP contribution in [0.4, 0.5) is 0 Å². The first-order valence-electron chi connectivity index (χ1n) is 8.26. The molecular formula is C18H28N2O2. The third kappa shape index (κ3) is 7.81. The second kappa shape index (κ2) is 10.8. The molecule has 4 heteroatoms. The van der Waals surface area contributed by atoms with E-state index in [1.54, 1.807) is 0 Å². The van der Waals surface area contributed by atoms with E-state index in [-0.39, 0.29) is 12.3 Å². The lowest BCUT2D eigenvalue weighted by atomic mass is 10.0. The number of nitrogens with two attached hydrogens (primary N) is 1. The number of unbranched alkanes of at least 4 members (excludes halogenated alkanes) is 5. The minimum absolute atomic E-state index is 0.152. The van der Waals surface area contributed by atoms with Gasteiger partial charge in [0.25, 0.3) is 0 Å². The minimum atomic E-state index is -0.553. The molecule has 3 N–H and O–H groups in total. The van der Waals surface area contributed by atoms with Crippen LogP contribution in [0.3, 0.4) is 0 Å². The molecule has 122 valence electrons. The average molecular weight is 304 g/mol. The molecular weight excluding hydrogens is 276 g/mol. The van der Waals surface area contributed by atoms with Crippen LogP contribution in [0.2, 0.25) is 0 Å². The highest BCUT2D eigenvalue weighted by Crippen LogP contribution is 2.09. The van der Waals surface area contributed by atoms with Crippen molar-refractivity contribution in [2.75, 3.05) is 0 Å². The zero-order valence-corrected chi connectivity index (χ0v) is 13.5. The van der Waals surface area contributed by atoms with E-state index >= 15 is 0 Å². The van der Waals surface area contributed by atoms with Gasteiger partial charge in [0.05, 0.1) is 6.42 Å². The average Bonchev–Trinajstić information content (AvgIpc) is 2.50. The summed E-state index contributed by atoms with van der Waals surface area (Å²) in [6.45, 7) is 2.19. The van der Waals surface area contributed by atoms with Crippen LogP contribution < -0.4 is 11.1 Å². The number of carbonyl (C=O) groups is 2. The van der Waals surface area contributed by atoms with Crippen LogP contribution in [0.1, 0.15) is 57.4 Å². The summed E-state index contributed by atoms with van der Waals surface area (Å²) < 4.78 is 0. The second-order valence-electron chi connectivity index (χ2n) is 5.74. The van der Waals surface area contributed by atoms with E-state index in [0.717, 1.165) is 18.4 Å². The number of nitrogens with one attached hydrogen (secondary N) is 1. The Labute approximate surface area is 133 Å². The number of carbonyl (C=O) groups excluding carboxylic acids is 2. The topological polar surface area (TPSA) is 72.2 Å². The molecule has 0 unspecified atom stereocenters. The van der Waals surface area contributed by atoms with Crippen LogP contribution in [0.5, 0.6) is 0 Å². The molecule has 2 amide bonds. The van der Waals surface area contributed by atoms with Crippen molar-refractivity contribution in [3.05, 3.63) is 35.9 Å². The molecule has 0 aromatic heterocycles. The molecule has 22 heavy (non-hydrogen) atoms. The quantitative estimate of drug-likeness (QED) is 0.617. The van der Waals surface area contributed by atoms with E-state index in [1.807, 2.05) is 30.3 Å². The van der Waals surface area contributed by atoms with Crippen molar-refractivity contribution < 1.29 is 9.59 Å². The maximum Gasteiger partial charge on any atom is 0.239 e. The highest BCUT2D eigenvalue weighted by Gasteiger charge is 2.17. The van der Waals surface area contributed by atoms with Gasteiger partial charge in [-0.15, -0.1) is 0 Å². The first kappa shape index (κ1) is 18.2. The molecule has 1 aromatic rings. The third-order valence-electron chi connectivity index (χ3n) is 3.73. The molecule has 4 nitrogen and oxygen atoms in total. The third-order valence-corrected chi connectivity index (χ3v) is 3.73. The first-order valence-corrected chi connectivity index (χ1v) is 8.26. The fraction of sp³-hybridized carbons (Fsp3) is 0.556. The lowest BCUT2D eigenvalue weighted by Crippen LogP contribution is -2.44. The van der Waals surface area contributed by atoms with E-state index in [1.165, 1.54) is 25.7 Å². The Morgan fingerprint density at radius 2 is 1.68 bits per heavy atom. The molecule has 0 saturated heterocycles. The van der Waals surface area contributed by atoms with Crippen molar-refractivity contribution in [3.63, 3.8) is 0 Å². The largest absolute Gasteiger partial charge is 0.368 e. The van der Waals surface area contributed by atoms with Crippen molar-refractivity contribution in [3.8, 4) is 0 Å². The lowest BCUT2D eigenvalue weighted by molar-refractivity contribution is -0.127. The predicted octanol–water partition coefficient (Wildman–Crippen LogP) is 2.95. The van der Waals surface area contributed by atoms with Gasteiger partial charge in [0, 0.05) is 0 Å². The molecule has 0 heterocycles. The number of primary amides is 1. The first-order chi connectivity index (χ1) is 10.6. The molecule has 0 spiro atoms. The predicted molar refractivity (Wildman–Crippen MR) is 89.3 cm³/mol. The van der Waals surface area contributed by atoms with Crippen LogP contribution in [-0.4, -0.2) is 17.9 Å². The van der Waals surface area contributed by atoms with E-state index in [4.69, 9.17) is 5.73 Å². The summed E-state index contributed by atoms with van der Waals surface area (Å²) in [5.74, 6) is -0.601. The summed E-state index contributed by atoms with van der Waals surface area (Å²) in [6, 6.07) is 8.93. The number of hydrogen-bond donors (Lipinski definition) is 2. The fourth-order valence-corrected chi connectivity index (χ4v) is 2.44. The number of benzene rings is 1. The van der Waals surface area contributed by atoms with Crippen molar-refractivity contribution in [1.82, 2.24) is 5.32 Å².